The summed E-state index contributed by atoms with van der Waals surface area (Å²) in [5.74, 6) is -0.478. The molecule has 0 aromatic heterocycles. The Labute approximate surface area is 115 Å². The Kier molecular flexibility index (Phi) is 3.38. The summed E-state index contributed by atoms with van der Waals surface area (Å²) in [4.78, 5) is 2.47. The van der Waals surface area contributed by atoms with Gasteiger partial charge < -0.3 is 18.9 Å². The van der Waals surface area contributed by atoms with Gasteiger partial charge >= 0.3 is 0 Å². The van der Waals surface area contributed by atoms with E-state index in [2.05, 4.69) is 11.8 Å². The van der Waals surface area contributed by atoms with Crippen molar-refractivity contribution < 1.29 is 18.9 Å². The maximum Gasteiger partial charge on any atom is 0.163 e. The molecule has 3 rings (SSSR count). The summed E-state index contributed by atoms with van der Waals surface area (Å²) in [6, 6.07) is 0. The van der Waals surface area contributed by atoms with Crippen molar-refractivity contribution in [3.05, 3.63) is 0 Å². The zero-order chi connectivity index (χ0) is 13.7. The van der Waals surface area contributed by atoms with Gasteiger partial charge in [-0.1, -0.05) is 0 Å². The first kappa shape index (κ1) is 13.8. The molecule has 0 aromatic carbocycles. The second kappa shape index (κ2) is 4.67. The zero-order valence-corrected chi connectivity index (χ0v) is 12.3. The normalized spacial score (nSPS) is 45.2. The van der Waals surface area contributed by atoms with Crippen LogP contribution in [0.3, 0.4) is 0 Å². The van der Waals surface area contributed by atoms with E-state index in [-0.39, 0.29) is 23.9 Å². The minimum Gasteiger partial charge on any atom is -0.359 e. The lowest BCUT2D eigenvalue weighted by Gasteiger charge is -2.47. The number of fused-ring (bicyclic) bond motifs is 3. The average Bonchev–Trinajstić information content (AvgIpc) is 2.78. The van der Waals surface area contributed by atoms with Gasteiger partial charge in [-0.3, -0.25) is 4.90 Å². The summed E-state index contributed by atoms with van der Waals surface area (Å²) in [6.07, 6.45) is 2.61. The van der Waals surface area contributed by atoms with Gasteiger partial charge in [-0.25, -0.2) is 0 Å². The molecule has 0 N–H and O–H groups in total. The van der Waals surface area contributed by atoms with Gasteiger partial charge in [0.1, 0.15) is 19.0 Å². The molecule has 0 bridgehead atoms. The van der Waals surface area contributed by atoms with Gasteiger partial charge in [-0.15, -0.1) is 0 Å². The van der Waals surface area contributed by atoms with Crippen LogP contribution < -0.4 is 0 Å². The summed E-state index contributed by atoms with van der Waals surface area (Å²) >= 11 is 0. The molecule has 0 saturated carbocycles. The molecule has 3 aliphatic rings. The Hall–Kier alpha value is -0.200. The molecule has 0 aromatic rings. The van der Waals surface area contributed by atoms with Crippen molar-refractivity contribution in [2.45, 2.75) is 63.3 Å². The molecule has 0 spiro atoms. The highest BCUT2D eigenvalue weighted by Gasteiger charge is 2.62. The molecular weight excluding hydrogens is 246 g/mol. The number of methoxy groups -OCH3 is 1. The fraction of sp³-hybridized carbons (Fsp3) is 1.00. The van der Waals surface area contributed by atoms with E-state index in [9.17, 15) is 0 Å². The van der Waals surface area contributed by atoms with Crippen LogP contribution in [0.25, 0.3) is 0 Å². The fourth-order valence-electron chi connectivity index (χ4n) is 3.94. The van der Waals surface area contributed by atoms with Crippen molar-refractivity contribution in [1.29, 1.82) is 0 Å². The third-order valence-electron chi connectivity index (χ3n) is 4.77. The van der Waals surface area contributed by atoms with E-state index in [1.807, 2.05) is 13.8 Å². The molecule has 3 heterocycles. The number of hydrogen-bond acceptors (Lipinski definition) is 5. The van der Waals surface area contributed by atoms with Crippen LogP contribution in [-0.2, 0) is 18.9 Å². The van der Waals surface area contributed by atoms with Crippen LogP contribution in [0.4, 0.5) is 0 Å². The smallest absolute Gasteiger partial charge is 0.163 e. The van der Waals surface area contributed by atoms with Crippen molar-refractivity contribution in [1.82, 2.24) is 4.90 Å². The van der Waals surface area contributed by atoms with Crippen molar-refractivity contribution in [3.8, 4) is 0 Å². The Morgan fingerprint density at radius 2 is 2.05 bits per heavy atom. The molecule has 19 heavy (non-hydrogen) atoms. The van der Waals surface area contributed by atoms with Gasteiger partial charge in [0.2, 0.25) is 0 Å². The fourth-order valence-corrected chi connectivity index (χ4v) is 3.94. The number of rotatable bonds is 3. The number of nitrogens with zero attached hydrogens (tertiary/aromatic N) is 1. The van der Waals surface area contributed by atoms with Crippen LogP contribution in [0.1, 0.15) is 33.6 Å². The minimum atomic E-state index is -0.478. The highest BCUT2D eigenvalue weighted by atomic mass is 16.8. The van der Waals surface area contributed by atoms with Gasteiger partial charge in [0.25, 0.3) is 0 Å². The van der Waals surface area contributed by atoms with Crippen LogP contribution in [0, 0.1) is 0 Å². The van der Waals surface area contributed by atoms with Gasteiger partial charge in [0, 0.05) is 13.7 Å². The van der Waals surface area contributed by atoms with E-state index in [0.717, 1.165) is 25.9 Å². The monoisotopic (exact) mass is 271 g/mol. The predicted molar refractivity (Wildman–Crippen MR) is 69.8 cm³/mol. The van der Waals surface area contributed by atoms with E-state index in [4.69, 9.17) is 18.9 Å². The number of piperidine rings is 1. The summed E-state index contributed by atoms with van der Waals surface area (Å²) in [6.45, 7) is 8.62. The van der Waals surface area contributed by atoms with E-state index in [1.165, 1.54) is 0 Å². The molecule has 4 atom stereocenters. The van der Waals surface area contributed by atoms with Crippen molar-refractivity contribution >= 4 is 0 Å². The molecular formula is C14H25NO4. The third kappa shape index (κ3) is 2.12. The van der Waals surface area contributed by atoms with Crippen LogP contribution in [0.15, 0.2) is 0 Å². The summed E-state index contributed by atoms with van der Waals surface area (Å²) < 4.78 is 23.2. The van der Waals surface area contributed by atoms with Gasteiger partial charge in [-0.05, 0) is 40.2 Å². The SMILES string of the molecule is COCO[C@@H]1CCCN2C[C@H]3OC(C)(C)O[C@H]3[C@@]12C. The van der Waals surface area contributed by atoms with Crippen LogP contribution >= 0.6 is 0 Å². The molecule has 0 radical (unpaired) electrons. The lowest BCUT2D eigenvalue weighted by molar-refractivity contribution is -0.203. The number of hydrogen-bond donors (Lipinski definition) is 0. The standard InChI is InChI=1S/C14H25NO4/c1-13(2)18-10-8-15-7-5-6-11(17-9-16-4)14(15,3)12(10)19-13/h10-12H,5-9H2,1-4H3/t10-,11-,12-,14-/m1/s1. The summed E-state index contributed by atoms with van der Waals surface area (Å²) in [5.41, 5.74) is -0.102. The lowest BCUT2D eigenvalue weighted by Crippen LogP contribution is -2.61. The third-order valence-corrected chi connectivity index (χ3v) is 4.77. The lowest BCUT2D eigenvalue weighted by atomic mass is 9.83. The predicted octanol–water partition coefficient (Wildman–Crippen LogP) is 1.36. The van der Waals surface area contributed by atoms with E-state index in [1.54, 1.807) is 7.11 Å². The molecule has 5 nitrogen and oxygen atoms in total. The maximum atomic E-state index is 6.17. The Morgan fingerprint density at radius 3 is 2.79 bits per heavy atom. The first-order valence-corrected chi connectivity index (χ1v) is 7.18. The molecule has 110 valence electrons. The Bertz CT molecular complexity index is 348. The van der Waals surface area contributed by atoms with E-state index in [0.29, 0.717) is 6.79 Å². The first-order valence-electron chi connectivity index (χ1n) is 7.18. The van der Waals surface area contributed by atoms with Gasteiger partial charge in [0.05, 0.1) is 11.6 Å². The van der Waals surface area contributed by atoms with E-state index >= 15 is 0 Å². The molecule has 3 saturated heterocycles. The topological polar surface area (TPSA) is 40.2 Å². The van der Waals surface area contributed by atoms with Crippen LogP contribution in [0.5, 0.6) is 0 Å². The van der Waals surface area contributed by atoms with Gasteiger partial charge in [0.15, 0.2) is 5.79 Å². The largest absolute Gasteiger partial charge is 0.359 e. The van der Waals surface area contributed by atoms with Crippen LogP contribution in [-0.4, -0.2) is 61.5 Å². The van der Waals surface area contributed by atoms with Crippen molar-refractivity contribution in [2.24, 2.45) is 0 Å². The summed E-state index contributed by atoms with van der Waals surface area (Å²) in [5, 5.41) is 0. The van der Waals surface area contributed by atoms with Gasteiger partial charge in [-0.2, -0.15) is 0 Å². The average molecular weight is 271 g/mol. The highest BCUT2D eigenvalue weighted by Crippen LogP contribution is 2.47. The molecule has 0 aliphatic carbocycles. The molecule has 0 unspecified atom stereocenters. The Morgan fingerprint density at radius 1 is 1.26 bits per heavy atom. The number of ether oxygens (including phenoxy) is 4. The quantitative estimate of drug-likeness (QED) is 0.725. The van der Waals surface area contributed by atoms with Crippen molar-refractivity contribution in [2.75, 3.05) is 27.0 Å². The maximum absolute atomic E-state index is 6.17. The molecule has 0 amide bonds. The van der Waals surface area contributed by atoms with E-state index < -0.39 is 5.79 Å². The van der Waals surface area contributed by atoms with Crippen molar-refractivity contribution in [3.63, 3.8) is 0 Å². The summed E-state index contributed by atoms with van der Waals surface area (Å²) in [7, 11) is 1.67. The second-order valence-electron chi connectivity index (χ2n) is 6.47. The molecule has 5 heteroatoms. The zero-order valence-electron chi connectivity index (χ0n) is 12.3. The second-order valence-corrected chi connectivity index (χ2v) is 6.47. The first-order chi connectivity index (χ1) is 8.97. The molecule has 3 aliphatic heterocycles. The minimum absolute atomic E-state index is 0.0876. The Balaban J connectivity index is 1.82. The molecule has 3 fully saturated rings. The highest BCUT2D eigenvalue weighted by molar-refractivity contribution is 5.13. The van der Waals surface area contributed by atoms with Crippen LogP contribution in [0.2, 0.25) is 0 Å².